The van der Waals surface area contributed by atoms with Crippen molar-refractivity contribution in [1.82, 2.24) is 19.1 Å². The van der Waals surface area contributed by atoms with E-state index in [0.717, 1.165) is 17.5 Å². The fraction of sp³-hybridized carbons (Fsp3) is 0.160. The van der Waals surface area contributed by atoms with Crippen molar-refractivity contribution in [1.29, 1.82) is 0 Å². The summed E-state index contributed by atoms with van der Waals surface area (Å²) in [6.45, 7) is 7.32. The molecular formula is C50H38N4S. The third-order valence-corrected chi connectivity index (χ3v) is 14.8. The Bertz CT molecular complexity index is 3200. The van der Waals surface area contributed by atoms with Gasteiger partial charge in [0, 0.05) is 44.3 Å². The zero-order chi connectivity index (χ0) is 36.6. The second-order valence-corrected chi connectivity index (χ2v) is 17.4. The summed E-state index contributed by atoms with van der Waals surface area (Å²) in [6.07, 6.45) is 2.34. The van der Waals surface area contributed by atoms with Crippen LogP contribution in [-0.2, 0) is 5.41 Å². The molecule has 264 valence electrons. The van der Waals surface area contributed by atoms with E-state index in [2.05, 4.69) is 175 Å². The highest BCUT2D eigenvalue weighted by molar-refractivity contribution is 7.20. The predicted molar refractivity (Wildman–Crippen MR) is 230 cm³/mol. The number of benzene rings is 6. The lowest BCUT2D eigenvalue weighted by atomic mass is 9.70. The Labute approximate surface area is 323 Å². The van der Waals surface area contributed by atoms with Crippen LogP contribution in [0.5, 0.6) is 0 Å². The molecule has 0 N–H and O–H groups in total. The molecule has 6 aromatic carbocycles. The van der Waals surface area contributed by atoms with Crippen LogP contribution in [0.25, 0.3) is 86.9 Å². The maximum atomic E-state index is 5.72. The average Bonchev–Trinajstić information content (AvgIpc) is 3.96. The largest absolute Gasteiger partial charge is 0.309 e. The van der Waals surface area contributed by atoms with Gasteiger partial charge in [0.25, 0.3) is 0 Å². The van der Waals surface area contributed by atoms with E-state index in [1.54, 1.807) is 0 Å². The lowest BCUT2D eigenvalue weighted by Crippen LogP contribution is -2.31. The summed E-state index contributed by atoms with van der Waals surface area (Å²) in [4.78, 5) is 13.8. The number of rotatable bonds is 4. The summed E-state index contributed by atoms with van der Waals surface area (Å²) in [6, 6.07) is 53.0. The zero-order valence-corrected chi connectivity index (χ0v) is 31.9. The van der Waals surface area contributed by atoms with E-state index in [0.29, 0.717) is 5.92 Å². The molecule has 0 saturated heterocycles. The topological polar surface area (TPSA) is 35.6 Å². The van der Waals surface area contributed by atoms with Gasteiger partial charge in [0.2, 0.25) is 0 Å². The van der Waals surface area contributed by atoms with Crippen molar-refractivity contribution in [3.05, 3.63) is 157 Å². The molecule has 0 radical (unpaired) electrons. The molecule has 12 rings (SSSR count). The summed E-state index contributed by atoms with van der Waals surface area (Å²) < 4.78 is 4.78. The standard InChI is InChI=1S/C50H38N4S/c1-49(2)38-26-27-50(49,3)48-43(38)51-44-45(52-48)47(31-23-25-42-37(29-31)35-19-11-13-21-40(35)54(42)33-16-8-5-9-17-33)55-46(44)30-22-24-41-36(28-30)34-18-10-12-20-39(34)53(41)32-14-6-4-7-15-32/h4-25,28-29,38H,26-27H2,1-3H3. The number of thiophene rings is 1. The monoisotopic (exact) mass is 726 g/mol. The smallest absolute Gasteiger partial charge is 0.108 e. The van der Waals surface area contributed by atoms with Gasteiger partial charge in [0.15, 0.2) is 0 Å². The molecule has 1 saturated carbocycles. The third kappa shape index (κ3) is 4.11. The number of nitrogens with zero attached hydrogens (tertiary/aromatic N) is 4. The van der Waals surface area contributed by atoms with Crippen molar-refractivity contribution in [2.75, 3.05) is 0 Å². The summed E-state index contributed by atoms with van der Waals surface area (Å²) in [5, 5.41) is 5.00. The highest BCUT2D eigenvalue weighted by atomic mass is 32.1. The first-order chi connectivity index (χ1) is 26.9. The van der Waals surface area contributed by atoms with Crippen LogP contribution in [0.2, 0.25) is 0 Å². The fourth-order valence-electron chi connectivity index (χ4n) is 10.3. The van der Waals surface area contributed by atoms with Gasteiger partial charge in [-0.15, -0.1) is 11.3 Å². The van der Waals surface area contributed by atoms with Crippen molar-refractivity contribution in [3.8, 4) is 32.3 Å². The van der Waals surface area contributed by atoms with E-state index in [-0.39, 0.29) is 10.8 Å². The molecule has 10 aromatic rings. The van der Waals surface area contributed by atoms with Crippen molar-refractivity contribution in [3.63, 3.8) is 0 Å². The molecule has 1 fully saturated rings. The molecule has 0 amide bonds. The molecule has 0 aliphatic heterocycles. The van der Waals surface area contributed by atoms with Gasteiger partial charge in [-0.3, -0.25) is 0 Å². The maximum Gasteiger partial charge on any atom is 0.108 e. The van der Waals surface area contributed by atoms with Crippen LogP contribution >= 0.6 is 11.3 Å². The Morgan fingerprint density at radius 2 is 1.00 bits per heavy atom. The normalized spacial score (nSPS) is 18.7. The van der Waals surface area contributed by atoms with E-state index < -0.39 is 0 Å². The van der Waals surface area contributed by atoms with Crippen LogP contribution < -0.4 is 0 Å². The zero-order valence-electron chi connectivity index (χ0n) is 31.0. The van der Waals surface area contributed by atoms with Crippen LogP contribution in [-0.4, -0.2) is 19.1 Å². The number of aromatic nitrogens is 4. The number of hydrogen-bond donors (Lipinski definition) is 0. The first-order valence-electron chi connectivity index (χ1n) is 19.4. The number of fused-ring (bicyclic) bond motifs is 12. The maximum absolute atomic E-state index is 5.72. The third-order valence-electron chi connectivity index (χ3n) is 13.5. The molecule has 4 nitrogen and oxygen atoms in total. The second kappa shape index (κ2) is 11.0. The molecule has 2 aliphatic rings. The predicted octanol–water partition coefficient (Wildman–Crippen LogP) is 13.4. The van der Waals surface area contributed by atoms with E-state index in [1.807, 2.05) is 11.3 Å². The van der Waals surface area contributed by atoms with Gasteiger partial charge in [-0.1, -0.05) is 106 Å². The summed E-state index contributed by atoms with van der Waals surface area (Å²) in [5.41, 5.74) is 14.2. The van der Waals surface area contributed by atoms with Gasteiger partial charge in [-0.05, 0) is 90.0 Å². The van der Waals surface area contributed by atoms with Gasteiger partial charge in [0.1, 0.15) is 11.0 Å². The molecule has 0 spiro atoms. The molecule has 2 atom stereocenters. The quantitative estimate of drug-likeness (QED) is 0.181. The van der Waals surface area contributed by atoms with Crippen molar-refractivity contribution >= 4 is 66.0 Å². The Morgan fingerprint density at radius 1 is 0.527 bits per heavy atom. The van der Waals surface area contributed by atoms with Crippen LogP contribution in [0.15, 0.2) is 146 Å². The molecule has 55 heavy (non-hydrogen) atoms. The summed E-state index contributed by atoms with van der Waals surface area (Å²) >= 11 is 1.85. The Hall–Kier alpha value is -6.04. The SMILES string of the molecule is CC12CCC(c3nc4c(-c5ccc6c(c5)c5ccccc5n6-c5ccccc5)sc(-c5ccc6c(c5)c5ccccc5n6-c5ccccc5)c4nc31)C2(C)C. The molecule has 2 bridgehead atoms. The average molecular weight is 727 g/mol. The molecule has 4 heterocycles. The van der Waals surface area contributed by atoms with Crippen molar-refractivity contribution in [2.45, 2.75) is 44.9 Å². The van der Waals surface area contributed by atoms with Crippen LogP contribution in [0.4, 0.5) is 0 Å². The van der Waals surface area contributed by atoms with Crippen LogP contribution in [0.3, 0.4) is 0 Å². The van der Waals surface area contributed by atoms with E-state index in [1.165, 1.54) is 93.7 Å². The lowest BCUT2D eigenvalue weighted by molar-refractivity contribution is 0.227. The van der Waals surface area contributed by atoms with Crippen molar-refractivity contribution < 1.29 is 0 Å². The first-order valence-corrected chi connectivity index (χ1v) is 20.3. The summed E-state index contributed by atoms with van der Waals surface area (Å²) in [7, 11) is 0. The molecule has 4 aromatic heterocycles. The minimum atomic E-state index is 0.0127. The molecule has 5 heteroatoms. The highest BCUT2D eigenvalue weighted by Gasteiger charge is 2.61. The molecule has 2 aliphatic carbocycles. The summed E-state index contributed by atoms with van der Waals surface area (Å²) in [5.74, 6) is 0.424. The van der Waals surface area contributed by atoms with Gasteiger partial charge in [-0.2, -0.15) is 0 Å². The van der Waals surface area contributed by atoms with E-state index in [4.69, 9.17) is 9.97 Å². The Morgan fingerprint density at radius 3 is 1.55 bits per heavy atom. The minimum absolute atomic E-state index is 0.0127. The molecular weight excluding hydrogens is 689 g/mol. The first kappa shape index (κ1) is 31.3. The Balaban J connectivity index is 1.12. The van der Waals surface area contributed by atoms with Gasteiger partial charge in [-0.25, -0.2) is 9.97 Å². The van der Waals surface area contributed by atoms with E-state index >= 15 is 0 Å². The van der Waals surface area contributed by atoms with Crippen LogP contribution in [0, 0.1) is 5.41 Å². The number of para-hydroxylation sites is 4. The second-order valence-electron chi connectivity index (χ2n) is 16.4. The lowest BCUT2D eigenvalue weighted by Gasteiger charge is -2.34. The minimum Gasteiger partial charge on any atom is -0.309 e. The molecule has 2 unspecified atom stereocenters. The van der Waals surface area contributed by atoms with Crippen LogP contribution in [0.1, 0.15) is 50.9 Å². The van der Waals surface area contributed by atoms with Gasteiger partial charge >= 0.3 is 0 Å². The van der Waals surface area contributed by atoms with Gasteiger partial charge in [0.05, 0.1) is 43.2 Å². The number of hydrogen-bond acceptors (Lipinski definition) is 3. The van der Waals surface area contributed by atoms with Crippen molar-refractivity contribution in [2.24, 2.45) is 5.41 Å². The fourth-order valence-corrected chi connectivity index (χ4v) is 11.5. The highest BCUT2D eigenvalue weighted by Crippen LogP contribution is 2.67. The Kier molecular flexibility index (Phi) is 6.28. The van der Waals surface area contributed by atoms with E-state index in [9.17, 15) is 0 Å². The van der Waals surface area contributed by atoms with Gasteiger partial charge < -0.3 is 9.13 Å².